The van der Waals surface area contributed by atoms with Crippen molar-refractivity contribution in [2.45, 2.75) is 20.8 Å². The lowest BCUT2D eigenvalue weighted by Gasteiger charge is -2.06. The second-order valence-corrected chi connectivity index (χ2v) is 4.99. The monoisotopic (exact) mass is 271 g/mol. The minimum atomic E-state index is -1.00. The van der Waals surface area contributed by atoms with Gasteiger partial charge in [0.15, 0.2) is 0 Å². The molecule has 104 valence electrons. The molecule has 1 heterocycles. The number of carboxylic acid groups (broad SMARTS) is 1. The molecular formula is C16H17NO3. The predicted molar refractivity (Wildman–Crippen MR) is 76.5 cm³/mol. The lowest BCUT2D eigenvalue weighted by Crippen LogP contribution is -2.09. The van der Waals surface area contributed by atoms with E-state index < -0.39 is 5.97 Å². The van der Waals surface area contributed by atoms with Gasteiger partial charge in [0.25, 0.3) is 0 Å². The van der Waals surface area contributed by atoms with Crippen molar-refractivity contribution < 1.29 is 14.7 Å². The van der Waals surface area contributed by atoms with E-state index in [-0.39, 0.29) is 11.3 Å². The number of rotatable bonds is 3. The topological polar surface area (TPSA) is 59.3 Å². The summed E-state index contributed by atoms with van der Waals surface area (Å²) in [5.41, 5.74) is 3.39. The van der Waals surface area contributed by atoms with Crippen molar-refractivity contribution in [3.63, 3.8) is 0 Å². The van der Waals surface area contributed by atoms with Crippen LogP contribution in [0.25, 0.3) is 0 Å². The molecule has 0 saturated heterocycles. The van der Waals surface area contributed by atoms with Crippen LogP contribution in [-0.2, 0) is 7.05 Å². The minimum Gasteiger partial charge on any atom is -0.478 e. The van der Waals surface area contributed by atoms with E-state index in [0.717, 1.165) is 5.56 Å². The Morgan fingerprint density at radius 3 is 2.05 bits per heavy atom. The largest absolute Gasteiger partial charge is 0.478 e. The molecule has 0 saturated carbocycles. The highest BCUT2D eigenvalue weighted by atomic mass is 16.4. The highest BCUT2D eigenvalue weighted by Gasteiger charge is 2.24. The van der Waals surface area contributed by atoms with Crippen molar-refractivity contribution in [3.8, 4) is 0 Å². The number of hydrogen-bond donors (Lipinski definition) is 1. The summed E-state index contributed by atoms with van der Waals surface area (Å²) in [6.45, 7) is 5.34. The molecule has 0 aliphatic rings. The standard InChI is InChI=1S/C16H17NO3/c1-9-5-7-12(8-6-9)15(18)14-10(2)13(16(19)20)11(3)17(14)4/h5-8H,1-4H3,(H,19,20). The third-order valence-corrected chi connectivity index (χ3v) is 3.67. The average Bonchev–Trinajstić information content (AvgIpc) is 2.60. The Morgan fingerprint density at radius 1 is 1.05 bits per heavy atom. The van der Waals surface area contributed by atoms with E-state index in [9.17, 15) is 14.7 Å². The summed E-state index contributed by atoms with van der Waals surface area (Å²) >= 11 is 0. The molecule has 0 fully saturated rings. The van der Waals surface area contributed by atoms with Gasteiger partial charge in [-0.05, 0) is 26.3 Å². The maximum atomic E-state index is 12.6. The van der Waals surface area contributed by atoms with E-state index in [2.05, 4.69) is 0 Å². The Balaban J connectivity index is 2.59. The molecule has 0 spiro atoms. The molecule has 0 bridgehead atoms. The Kier molecular flexibility index (Phi) is 3.49. The van der Waals surface area contributed by atoms with Gasteiger partial charge in [0.1, 0.15) is 0 Å². The van der Waals surface area contributed by atoms with E-state index in [1.54, 1.807) is 37.6 Å². The van der Waals surface area contributed by atoms with Crippen LogP contribution < -0.4 is 0 Å². The number of carbonyl (C=O) groups is 2. The highest BCUT2D eigenvalue weighted by molar-refractivity contribution is 6.10. The molecule has 4 nitrogen and oxygen atoms in total. The van der Waals surface area contributed by atoms with E-state index in [4.69, 9.17) is 0 Å². The van der Waals surface area contributed by atoms with Gasteiger partial charge in [-0.3, -0.25) is 4.79 Å². The molecule has 0 amide bonds. The van der Waals surface area contributed by atoms with Gasteiger partial charge >= 0.3 is 5.97 Å². The second kappa shape index (κ2) is 4.96. The Bertz CT molecular complexity index is 694. The molecule has 1 N–H and O–H groups in total. The number of nitrogens with zero attached hydrogens (tertiary/aromatic N) is 1. The van der Waals surface area contributed by atoms with Gasteiger partial charge in [-0.15, -0.1) is 0 Å². The first-order valence-corrected chi connectivity index (χ1v) is 6.35. The fraction of sp³-hybridized carbons (Fsp3) is 0.250. The van der Waals surface area contributed by atoms with E-state index >= 15 is 0 Å². The normalized spacial score (nSPS) is 10.6. The van der Waals surface area contributed by atoms with Crippen molar-refractivity contribution in [2.24, 2.45) is 7.05 Å². The number of hydrogen-bond acceptors (Lipinski definition) is 2. The first kappa shape index (κ1) is 14.1. The summed E-state index contributed by atoms with van der Waals surface area (Å²) in [4.78, 5) is 23.9. The van der Waals surface area contributed by atoms with Crippen LogP contribution >= 0.6 is 0 Å². The van der Waals surface area contributed by atoms with E-state index in [0.29, 0.717) is 22.5 Å². The lowest BCUT2D eigenvalue weighted by atomic mass is 10.0. The van der Waals surface area contributed by atoms with Crippen LogP contribution in [-0.4, -0.2) is 21.4 Å². The Hall–Kier alpha value is -2.36. The van der Waals surface area contributed by atoms with Crippen molar-refractivity contribution in [1.82, 2.24) is 4.57 Å². The molecule has 0 aliphatic heterocycles. The Morgan fingerprint density at radius 2 is 1.60 bits per heavy atom. The molecule has 1 aromatic carbocycles. The third kappa shape index (κ3) is 2.13. The molecule has 4 heteroatoms. The SMILES string of the molecule is Cc1ccc(C(=O)c2c(C)c(C(=O)O)c(C)n2C)cc1. The van der Waals surface area contributed by atoms with Crippen LogP contribution in [0.1, 0.15) is 43.2 Å². The second-order valence-electron chi connectivity index (χ2n) is 4.99. The van der Waals surface area contributed by atoms with Gasteiger partial charge in [-0.1, -0.05) is 29.8 Å². The average molecular weight is 271 g/mol. The molecule has 0 unspecified atom stereocenters. The molecule has 20 heavy (non-hydrogen) atoms. The minimum absolute atomic E-state index is 0.152. The number of ketones is 1. The van der Waals surface area contributed by atoms with Gasteiger partial charge in [0.05, 0.1) is 11.3 Å². The van der Waals surface area contributed by atoms with Gasteiger partial charge < -0.3 is 9.67 Å². The fourth-order valence-electron chi connectivity index (χ4n) is 2.46. The quantitative estimate of drug-likeness (QED) is 0.873. The van der Waals surface area contributed by atoms with Crippen LogP contribution in [0.15, 0.2) is 24.3 Å². The van der Waals surface area contributed by atoms with Crippen LogP contribution in [0.5, 0.6) is 0 Å². The zero-order valence-electron chi connectivity index (χ0n) is 12.0. The van der Waals surface area contributed by atoms with Crippen LogP contribution in [0.4, 0.5) is 0 Å². The summed E-state index contributed by atoms with van der Waals surface area (Å²) < 4.78 is 1.65. The van der Waals surface area contributed by atoms with Crippen LogP contribution in [0, 0.1) is 20.8 Å². The summed E-state index contributed by atoms with van der Waals surface area (Å²) in [5.74, 6) is -1.15. The number of carbonyl (C=O) groups excluding carboxylic acids is 1. The summed E-state index contributed by atoms with van der Waals surface area (Å²) in [6.07, 6.45) is 0. The molecule has 0 aliphatic carbocycles. The molecule has 2 rings (SSSR count). The fourth-order valence-corrected chi connectivity index (χ4v) is 2.46. The summed E-state index contributed by atoms with van der Waals surface area (Å²) in [5, 5.41) is 9.25. The van der Waals surface area contributed by atoms with Gasteiger partial charge in [-0.2, -0.15) is 0 Å². The van der Waals surface area contributed by atoms with E-state index in [1.165, 1.54) is 0 Å². The molecule has 0 atom stereocenters. The number of aromatic nitrogens is 1. The van der Waals surface area contributed by atoms with Crippen LogP contribution in [0.2, 0.25) is 0 Å². The van der Waals surface area contributed by atoms with Crippen molar-refractivity contribution >= 4 is 11.8 Å². The van der Waals surface area contributed by atoms with E-state index in [1.807, 2.05) is 19.1 Å². The number of benzene rings is 1. The smallest absolute Gasteiger partial charge is 0.337 e. The van der Waals surface area contributed by atoms with Gasteiger partial charge in [0.2, 0.25) is 5.78 Å². The number of carboxylic acids is 1. The van der Waals surface area contributed by atoms with Crippen molar-refractivity contribution in [2.75, 3.05) is 0 Å². The summed E-state index contributed by atoms with van der Waals surface area (Å²) in [7, 11) is 1.72. The first-order chi connectivity index (χ1) is 9.34. The zero-order valence-corrected chi connectivity index (χ0v) is 12.0. The van der Waals surface area contributed by atoms with Crippen molar-refractivity contribution in [3.05, 3.63) is 57.9 Å². The Labute approximate surface area is 117 Å². The van der Waals surface area contributed by atoms with Gasteiger partial charge in [-0.25, -0.2) is 4.79 Å². The number of aromatic carboxylic acids is 1. The third-order valence-electron chi connectivity index (χ3n) is 3.67. The highest BCUT2D eigenvalue weighted by Crippen LogP contribution is 2.23. The first-order valence-electron chi connectivity index (χ1n) is 6.35. The molecule has 0 radical (unpaired) electrons. The molecule has 2 aromatic rings. The van der Waals surface area contributed by atoms with Gasteiger partial charge in [0, 0.05) is 18.3 Å². The maximum absolute atomic E-state index is 12.6. The van der Waals surface area contributed by atoms with Crippen LogP contribution in [0.3, 0.4) is 0 Å². The summed E-state index contributed by atoms with van der Waals surface area (Å²) in [6, 6.07) is 7.27. The molecule has 1 aromatic heterocycles. The van der Waals surface area contributed by atoms with Crippen molar-refractivity contribution in [1.29, 1.82) is 0 Å². The number of aryl methyl sites for hydroxylation is 1. The molecular weight excluding hydrogens is 254 g/mol. The zero-order chi connectivity index (χ0) is 15.0. The predicted octanol–water partition coefficient (Wildman–Crippen LogP) is 2.88. The maximum Gasteiger partial charge on any atom is 0.337 e. The lowest BCUT2D eigenvalue weighted by molar-refractivity contribution is 0.0695.